The van der Waals surface area contributed by atoms with Gasteiger partial charge >= 0.3 is 0 Å². The Labute approximate surface area is 112 Å². The van der Waals surface area contributed by atoms with Gasteiger partial charge in [0.2, 0.25) is 0 Å². The van der Waals surface area contributed by atoms with E-state index >= 15 is 0 Å². The van der Waals surface area contributed by atoms with Crippen molar-refractivity contribution in [2.75, 3.05) is 12.8 Å². The zero-order valence-corrected chi connectivity index (χ0v) is 11.2. The standard InChI is InChI=1S/C15H18FN3/c1-10-5-12(9-13(16)6-10)14(18-2)7-11-3-4-19-15(17)8-11/h3-6,8-9,14,18H,7H2,1-2H3,(H2,17,19). The fourth-order valence-corrected chi connectivity index (χ4v) is 2.21. The van der Waals surface area contributed by atoms with Gasteiger partial charge in [-0.3, -0.25) is 0 Å². The Morgan fingerprint density at radius 2 is 2.11 bits per heavy atom. The van der Waals surface area contributed by atoms with Crippen LogP contribution < -0.4 is 11.1 Å². The van der Waals surface area contributed by atoms with Crippen molar-refractivity contribution >= 4 is 5.82 Å². The number of halogens is 1. The van der Waals surface area contributed by atoms with E-state index in [0.717, 1.165) is 23.1 Å². The molecule has 3 nitrogen and oxygen atoms in total. The van der Waals surface area contributed by atoms with Gasteiger partial charge in [-0.05, 0) is 61.3 Å². The topological polar surface area (TPSA) is 50.9 Å². The maximum Gasteiger partial charge on any atom is 0.123 e. The number of pyridine rings is 1. The predicted molar refractivity (Wildman–Crippen MR) is 75.3 cm³/mol. The van der Waals surface area contributed by atoms with E-state index in [1.807, 2.05) is 32.2 Å². The van der Waals surface area contributed by atoms with Gasteiger partial charge in [0.1, 0.15) is 11.6 Å². The van der Waals surface area contributed by atoms with Crippen molar-refractivity contribution in [2.24, 2.45) is 0 Å². The SMILES string of the molecule is CNC(Cc1ccnc(N)c1)c1cc(C)cc(F)c1. The molecule has 1 atom stereocenters. The van der Waals surface area contributed by atoms with Gasteiger partial charge in [-0.15, -0.1) is 0 Å². The number of nitrogen functional groups attached to an aromatic ring is 1. The quantitative estimate of drug-likeness (QED) is 0.887. The number of aryl methyl sites for hydroxylation is 1. The lowest BCUT2D eigenvalue weighted by Crippen LogP contribution is -2.19. The smallest absolute Gasteiger partial charge is 0.123 e. The highest BCUT2D eigenvalue weighted by Gasteiger charge is 2.12. The van der Waals surface area contributed by atoms with Crippen LogP contribution in [0.25, 0.3) is 0 Å². The zero-order valence-electron chi connectivity index (χ0n) is 11.2. The number of nitrogens with two attached hydrogens (primary N) is 1. The Kier molecular flexibility index (Phi) is 4.12. The van der Waals surface area contributed by atoms with Crippen molar-refractivity contribution in [3.8, 4) is 0 Å². The van der Waals surface area contributed by atoms with Gasteiger partial charge in [-0.25, -0.2) is 9.37 Å². The molecular weight excluding hydrogens is 241 g/mol. The number of nitrogens with zero attached hydrogens (tertiary/aromatic N) is 1. The van der Waals surface area contributed by atoms with E-state index in [1.54, 1.807) is 12.3 Å². The molecule has 1 heterocycles. The summed E-state index contributed by atoms with van der Waals surface area (Å²) in [6.45, 7) is 1.89. The number of nitrogens with one attached hydrogen (secondary N) is 1. The highest BCUT2D eigenvalue weighted by Crippen LogP contribution is 2.21. The monoisotopic (exact) mass is 259 g/mol. The molecule has 0 spiro atoms. The Balaban J connectivity index is 2.24. The summed E-state index contributed by atoms with van der Waals surface area (Å²) in [5.41, 5.74) is 8.61. The minimum atomic E-state index is -0.204. The molecule has 0 aliphatic heterocycles. The molecule has 0 aliphatic carbocycles. The number of likely N-dealkylation sites (N-methyl/N-ethyl adjacent to an activating group) is 1. The van der Waals surface area contributed by atoms with Crippen LogP contribution in [0.2, 0.25) is 0 Å². The van der Waals surface area contributed by atoms with Crippen LogP contribution in [-0.2, 0) is 6.42 Å². The maximum absolute atomic E-state index is 13.5. The summed E-state index contributed by atoms with van der Waals surface area (Å²) >= 11 is 0. The van der Waals surface area contributed by atoms with E-state index in [2.05, 4.69) is 10.3 Å². The Morgan fingerprint density at radius 3 is 2.74 bits per heavy atom. The first kappa shape index (κ1) is 13.5. The van der Waals surface area contributed by atoms with Crippen LogP contribution in [0.3, 0.4) is 0 Å². The Morgan fingerprint density at radius 1 is 1.32 bits per heavy atom. The van der Waals surface area contributed by atoms with Crippen molar-refractivity contribution in [1.82, 2.24) is 10.3 Å². The van der Waals surface area contributed by atoms with Gasteiger partial charge in [0.05, 0.1) is 0 Å². The van der Waals surface area contributed by atoms with Crippen molar-refractivity contribution < 1.29 is 4.39 Å². The molecule has 3 N–H and O–H groups in total. The highest BCUT2D eigenvalue weighted by molar-refractivity contribution is 5.34. The number of rotatable bonds is 4. The lowest BCUT2D eigenvalue weighted by molar-refractivity contribution is 0.576. The van der Waals surface area contributed by atoms with Gasteiger partial charge < -0.3 is 11.1 Å². The van der Waals surface area contributed by atoms with E-state index < -0.39 is 0 Å². The molecule has 0 bridgehead atoms. The number of aromatic nitrogens is 1. The molecule has 2 rings (SSSR count). The molecule has 1 aromatic carbocycles. The Hall–Kier alpha value is -1.94. The molecule has 1 unspecified atom stereocenters. The summed E-state index contributed by atoms with van der Waals surface area (Å²) in [6.07, 6.45) is 2.43. The summed E-state index contributed by atoms with van der Waals surface area (Å²) in [7, 11) is 1.87. The molecular formula is C15H18FN3. The summed E-state index contributed by atoms with van der Waals surface area (Å²) < 4.78 is 13.5. The number of anilines is 1. The minimum Gasteiger partial charge on any atom is -0.384 e. The molecule has 0 fully saturated rings. The van der Waals surface area contributed by atoms with Crippen LogP contribution in [0.15, 0.2) is 36.5 Å². The van der Waals surface area contributed by atoms with Crippen molar-refractivity contribution in [2.45, 2.75) is 19.4 Å². The van der Waals surface area contributed by atoms with Crippen LogP contribution in [0.5, 0.6) is 0 Å². The van der Waals surface area contributed by atoms with Gasteiger partial charge in [0.15, 0.2) is 0 Å². The largest absolute Gasteiger partial charge is 0.384 e. The lowest BCUT2D eigenvalue weighted by Gasteiger charge is -2.17. The molecule has 0 saturated carbocycles. The maximum atomic E-state index is 13.5. The first-order valence-corrected chi connectivity index (χ1v) is 6.23. The van der Waals surface area contributed by atoms with Gasteiger partial charge in [0.25, 0.3) is 0 Å². The summed E-state index contributed by atoms with van der Waals surface area (Å²) in [6, 6.07) is 8.91. The van der Waals surface area contributed by atoms with Crippen molar-refractivity contribution in [3.63, 3.8) is 0 Å². The third-order valence-corrected chi connectivity index (χ3v) is 3.10. The van der Waals surface area contributed by atoms with E-state index in [1.165, 1.54) is 6.07 Å². The molecule has 0 amide bonds. The number of hydrogen-bond donors (Lipinski definition) is 2. The zero-order chi connectivity index (χ0) is 13.8. The number of benzene rings is 1. The molecule has 0 radical (unpaired) electrons. The normalized spacial score (nSPS) is 12.4. The second kappa shape index (κ2) is 5.80. The summed E-state index contributed by atoms with van der Waals surface area (Å²) in [5.74, 6) is 0.298. The van der Waals surface area contributed by atoms with E-state index in [0.29, 0.717) is 5.82 Å². The first-order chi connectivity index (χ1) is 9.08. The van der Waals surface area contributed by atoms with Crippen LogP contribution >= 0.6 is 0 Å². The summed E-state index contributed by atoms with van der Waals surface area (Å²) in [5, 5.41) is 3.21. The fraction of sp³-hybridized carbons (Fsp3) is 0.267. The van der Waals surface area contributed by atoms with Crippen LogP contribution in [-0.4, -0.2) is 12.0 Å². The average molecular weight is 259 g/mol. The molecule has 19 heavy (non-hydrogen) atoms. The van der Waals surface area contributed by atoms with Crippen LogP contribution in [0.1, 0.15) is 22.7 Å². The molecule has 4 heteroatoms. The predicted octanol–water partition coefficient (Wildman–Crippen LogP) is 2.61. The van der Waals surface area contributed by atoms with E-state index in [-0.39, 0.29) is 11.9 Å². The van der Waals surface area contributed by atoms with E-state index in [4.69, 9.17) is 5.73 Å². The molecule has 100 valence electrons. The molecule has 0 aliphatic rings. The second-order valence-electron chi connectivity index (χ2n) is 4.70. The first-order valence-electron chi connectivity index (χ1n) is 6.23. The third kappa shape index (κ3) is 3.51. The average Bonchev–Trinajstić information content (AvgIpc) is 2.34. The van der Waals surface area contributed by atoms with Gasteiger partial charge in [0, 0.05) is 12.2 Å². The van der Waals surface area contributed by atoms with E-state index in [9.17, 15) is 4.39 Å². The minimum absolute atomic E-state index is 0.0520. The molecule has 2 aromatic rings. The van der Waals surface area contributed by atoms with Crippen molar-refractivity contribution in [3.05, 3.63) is 59.0 Å². The Bertz CT molecular complexity index is 549. The van der Waals surface area contributed by atoms with Crippen molar-refractivity contribution in [1.29, 1.82) is 0 Å². The molecule has 1 aromatic heterocycles. The van der Waals surface area contributed by atoms with Gasteiger partial charge in [-0.2, -0.15) is 0 Å². The number of hydrogen-bond acceptors (Lipinski definition) is 3. The highest BCUT2D eigenvalue weighted by atomic mass is 19.1. The fourth-order valence-electron chi connectivity index (χ4n) is 2.21. The van der Waals surface area contributed by atoms with Gasteiger partial charge in [-0.1, -0.05) is 6.07 Å². The lowest BCUT2D eigenvalue weighted by atomic mass is 9.98. The third-order valence-electron chi connectivity index (χ3n) is 3.10. The molecule has 0 saturated heterocycles. The second-order valence-corrected chi connectivity index (χ2v) is 4.70. The van der Waals surface area contributed by atoms with Crippen LogP contribution in [0, 0.1) is 12.7 Å². The summed E-state index contributed by atoms with van der Waals surface area (Å²) in [4.78, 5) is 3.97. The van der Waals surface area contributed by atoms with Crippen LogP contribution in [0.4, 0.5) is 10.2 Å².